The van der Waals surface area contributed by atoms with Gasteiger partial charge in [-0.1, -0.05) is 27.7 Å². The fourth-order valence-corrected chi connectivity index (χ4v) is 3.69. The molecule has 3 nitrogen and oxygen atoms in total. The van der Waals surface area contributed by atoms with Gasteiger partial charge in [-0.3, -0.25) is 10.1 Å². The van der Waals surface area contributed by atoms with Gasteiger partial charge in [0.05, 0.1) is 12.7 Å². The number of amides is 1. The van der Waals surface area contributed by atoms with E-state index >= 15 is 0 Å². The summed E-state index contributed by atoms with van der Waals surface area (Å²) in [6.07, 6.45) is 5.07. The van der Waals surface area contributed by atoms with E-state index in [1.807, 2.05) is 0 Å². The van der Waals surface area contributed by atoms with Crippen LogP contribution in [0.5, 0.6) is 0 Å². The molecule has 3 heteroatoms. The molecule has 1 N–H and O–H groups in total. The van der Waals surface area contributed by atoms with Gasteiger partial charge in [0.25, 0.3) is 0 Å². The van der Waals surface area contributed by atoms with Crippen LogP contribution in [0.1, 0.15) is 53.4 Å². The van der Waals surface area contributed by atoms with Gasteiger partial charge in [0.1, 0.15) is 0 Å². The molecular weight excluding hydrogens is 224 g/mol. The summed E-state index contributed by atoms with van der Waals surface area (Å²) in [4.78, 5) is 14.3. The predicted octanol–water partition coefficient (Wildman–Crippen LogP) is 2.62. The Kier molecular flexibility index (Phi) is 4.31. The molecule has 1 aliphatic carbocycles. The minimum atomic E-state index is 0.276. The van der Waals surface area contributed by atoms with E-state index in [1.165, 1.54) is 19.3 Å². The van der Waals surface area contributed by atoms with Crippen molar-refractivity contribution in [3.05, 3.63) is 0 Å². The van der Waals surface area contributed by atoms with Crippen molar-refractivity contribution in [2.45, 2.75) is 65.6 Å². The molecule has 1 amide bonds. The van der Waals surface area contributed by atoms with Crippen LogP contribution >= 0.6 is 0 Å². The lowest BCUT2D eigenvalue weighted by Crippen LogP contribution is -2.49. The van der Waals surface area contributed by atoms with Crippen LogP contribution < -0.4 is 5.32 Å². The maximum absolute atomic E-state index is 12.2. The Hall–Kier alpha value is -0.570. The van der Waals surface area contributed by atoms with Crippen LogP contribution in [0.3, 0.4) is 0 Å². The first-order valence-corrected chi connectivity index (χ1v) is 7.53. The van der Waals surface area contributed by atoms with Crippen molar-refractivity contribution in [3.63, 3.8) is 0 Å². The maximum Gasteiger partial charge on any atom is 0.238 e. The molecule has 1 saturated heterocycles. The van der Waals surface area contributed by atoms with Crippen molar-refractivity contribution in [1.82, 2.24) is 10.2 Å². The summed E-state index contributed by atoms with van der Waals surface area (Å²) in [7, 11) is 0. The summed E-state index contributed by atoms with van der Waals surface area (Å²) in [6.45, 7) is 9.65. The summed E-state index contributed by atoms with van der Waals surface area (Å²) >= 11 is 0. The number of carbonyl (C=O) groups excluding carboxylic acids is 1. The normalized spacial score (nSPS) is 37.6. The molecule has 4 unspecified atom stereocenters. The minimum Gasteiger partial charge on any atom is -0.323 e. The molecule has 1 aliphatic heterocycles. The SMILES string of the molecule is CC(C)CC1NCC(=O)N1C1CCC(C)CC1C. The standard InChI is InChI=1S/C15H28N2O/c1-10(2)7-14-16-9-15(18)17(14)13-6-5-11(3)8-12(13)4/h10-14,16H,5-9H2,1-4H3. The highest BCUT2D eigenvalue weighted by Crippen LogP contribution is 2.34. The highest BCUT2D eigenvalue weighted by atomic mass is 16.2. The largest absolute Gasteiger partial charge is 0.323 e. The van der Waals surface area contributed by atoms with Crippen molar-refractivity contribution in [2.75, 3.05) is 6.54 Å². The molecule has 2 rings (SSSR count). The Balaban J connectivity index is 2.06. The summed E-state index contributed by atoms with van der Waals surface area (Å²) in [5.41, 5.74) is 0. The summed E-state index contributed by atoms with van der Waals surface area (Å²) < 4.78 is 0. The Labute approximate surface area is 111 Å². The first-order chi connectivity index (χ1) is 8.49. The van der Waals surface area contributed by atoms with Gasteiger partial charge in [-0.15, -0.1) is 0 Å². The molecule has 1 saturated carbocycles. The van der Waals surface area contributed by atoms with Crippen molar-refractivity contribution in [3.8, 4) is 0 Å². The molecule has 0 spiro atoms. The fraction of sp³-hybridized carbons (Fsp3) is 0.933. The zero-order valence-electron chi connectivity index (χ0n) is 12.3. The molecule has 18 heavy (non-hydrogen) atoms. The monoisotopic (exact) mass is 252 g/mol. The van der Waals surface area contributed by atoms with E-state index in [0.717, 1.165) is 12.3 Å². The Morgan fingerprint density at radius 3 is 2.67 bits per heavy atom. The van der Waals surface area contributed by atoms with Crippen molar-refractivity contribution in [1.29, 1.82) is 0 Å². The second-order valence-electron chi connectivity index (χ2n) is 6.79. The van der Waals surface area contributed by atoms with Crippen LogP contribution in [0, 0.1) is 17.8 Å². The molecule has 0 aromatic heterocycles. The predicted molar refractivity (Wildman–Crippen MR) is 74.1 cm³/mol. The number of hydrogen-bond donors (Lipinski definition) is 1. The maximum atomic E-state index is 12.2. The van der Waals surface area contributed by atoms with Crippen LogP contribution in [0.2, 0.25) is 0 Å². The van der Waals surface area contributed by atoms with Crippen molar-refractivity contribution in [2.24, 2.45) is 17.8 Å². The third-order valence-corrected chi connectivity index (χ3v) is 4.55. The van der Waals surface area contributed by atoms with Gasteiger partial charge in [0, 0.05) is 6.04 Å². The van der Waals surface area contributed by atoms with Gasteiger partial charge in [0.2, 0.25) is 5.91 Å². The Morgan fingerprint density at radius 1 is 1.33 bits per heavy atom. The third-order valence-electron chi connectivity index (χ3n) is 4.55. The molecule has 0 radical (unpaired) electrons. The van der Waals surface area contributed by atoms with Crippen LogP contribution in [0.15, 0.2) is 0 Å². The fourth-order valence-electron chi connectivity index (χ4n) is 3.69. The van der Waals surface area contributed by atoms with Crippen LogP contribution in [0.25, 0.3) is 0 Å². The Morgan fingerprint density at radius 2 is 2.06 bits per heavy atom. The van der Waals surface area contributed by atoms with Gasteiger partial charge in [-0.25, -0.2) is 0 Å². The van der Waals surface area contributed by atoms with E-state index in [1.54, 1.807) is 0 Å². The molecule has 0 bridgehead atoms. The first kappa shape index (κ1) is 13.9. The number of carbonyl (C=O) groups is 1. The second kappa shape index (κ2) is 5.60. The molecule has 104 valence electrons. The smallest absolute Gasteiger partial charge is 0.238 e. The number of nitrogens with one attached hydrogen (secondary N) is 1. The number of rotatable bonds is 3. The van der Waals surface area contributed by atoms with Gasteiger partial charge in [0.15, 0.2) is 0 Å². The lowest BCUT2D eigenvalue weighted by atomic mass is 9.79. The number of hydrogen-bond acceptors (Lipinski definition) is 2. The van der Waals surface area contributed by atoms with Crippen LogP contribution in [-0.4, -0.2) is 29.6 Å². The highest BCUT2D eigenvalue weighted by Gasteiger charge is 2.39. The van der Waals surface area contributed by atoms with Gasteiger partial charge < -0.3 is 4.90 Å². The molecule has 0 aromatic rings. The lowest BCUT2D eigenvalue weighted by Gasteiger charge is -2.41. The van der Waals surface area contributed by atoms with Gasteiger partial charge >= 0.3 is 0 Å². The number of nitrogens with zero attached hydrogens (tertiary/aromatic N) is 1. The van der Waals surface area contributed by atoms with Crippen LogP contribution in [0.4, 0.5) is 0 Å². The summed E-state index contributed by atoms with van der Waals surface area (Å²) in [5.74, 6) is 2.42. The topological polar surface area (TPSA) is 32.3 Å². The first-order valence-electron chi connectivity index (χ1n) is 7.53. The molecule has 2 fully saturated rings. The Bertz CT molecular complexity index is 303. The molecule has 0 aromatic carbocycles. The van der Waals surface area contributed by atoms with Gasteiger partial charge in [-0.05, 0) is 43.4 Å². The van der Waals surface area contributed by atoms with Crippen molar-refractivity contribution >= 4 is 5.91 Å². The van der Waals surface area contributed by atoms with E-state index in [-0.39, 0.29) is 6.17 Å². The van der Waals surface area contributed by atoms with Crippen LogP contribution in [-0.2, 0) is 4.79 Å². The minimum absolute atomic E-state index is 0.276. The molecule has 4 atom stereocenters. The molecular formula is C15H28N2O. The molecule has 1 heterocycles. The van der Waals surface area contributed by atoms with E-state index < -0.39 is 0 Å². The van der Waals surface area contributed by atoms with Crippen molar-refractivity contribution < 1.29 is 4.79 Å². The second-order valence-corrected chi connectivity index (χ2v) is 6.79. The average Bonchev–Trinajstić information content (AvgIpc) is 2.60. The molecule has 2 aliphatic rings. The van der Waals surface area contributed by atoms with E-state index in [4.69, 9.17) is 0 Å². The lowest BCUT2D eigenvalue weighted by molar-refractivity contribution is -0.132. The van der Waals surface area contributed by atoms with E-state index in [9.17, 15) is 4.79 Å². The van der Waals surface area contributed by atoms with E-state index in [0.29, 0.717) is 30.3 Å². The summed E-state index contributed by atoms with van der Waals surface area (Å²) in [6, 6.07) is 0.465. The zero-order valence-corrected chi connectivity index (χ0v) is 12.3. The van der Waals surface area contributed by atoms with Gasteiger partial charge in [-0.2, -0.15) is 0 Å². The quantitative estimate of drug-likeness (QED) is 0.837. The third kappa shape index (κ3) is 2.87. The van der Waals surface area contributed by atoms with E-state index in [2.05, 4.69) is 37.9 Å². The average molecular weight is 252 g/mol. The highest BCUT2D eigenvalue weighted by molar-refractivity contribution is 5.81. The zero-order chi connectivity index (χ0) is 13.3. The summed E-state index contributed by atoms with van der Waals surface area (Å²) in [5, 5.41) is 3.39.